The number of aromatic amines is 1. The average Bonchev–Trinajstić information content (AvgIpc) is 2.70. The number of amides is 1. The number of aryl methyl sites for hydroxylation is 1. The Morgan fingerprint density at radius 3 is 2.55 bits per heavy atom. The number of H-pyrrole nitrogens is 1. The smallest absolute Gasteiger partial charge is 0.330 e. The highest BCUT2D eigenvalue weighted by Gasteiger charge is 2.21. The SMILES string of the molecule is Cc1cccc(OCC(=O)N(C)c2c(N)n(Cc3ccccc3)c(=O)[nH]c2=O)c1. The molecular weight excluding hydrogens is 372 g/mol. The minimum Gasteiger partial charge on any atom is -0.484 e. The predicted octanol–water partition coefficient (Wildman–Crippen LogP) is 1.52. The highest BCUT2D eigenvalue weighted by Crippen LogP contribution is 2.17. The third-order valence-electron chi connectivity index (χ3n) is 4.46. The van der Waals surface area contributed by atoms with Gasteiger partial charge in [-0.15, -0.1) is 0 Å². The van der Waals surface area contributed by atoms with Crippen LogP contribution in [0.3, 0.4) is 0 Å². The molecule has 29 heavy (non-hydrogen) atoms. The summed E-state index contributed by atoms with van der Waals surface area (Å²) in [6, 6.07) is 16.5. The second-order valence-corrected chi connectivity index (χ2v) is 6.62. The van der Waals surface area contributed by atoms with E-state index in [2.05, 4.69) is 4.98 Å². The van der Waals surface area contributed by atoms with Gasteiger partial charge in [0.2, 0.25) is 0 Å². The highest BCUT2D eigenvalue weighted by atomic mass is 16.5. The molecule has 8 heteroatoms. The highest BCUT2D eigenvalue weighted by molar-refractivity contribution is 5.96. The Labute approximate surface area is 167 Å². The van der Waals surface area contributed by atoms with E-state index in [1.54, 1.807) is 12.1 Å². The van der Waals surface area contributed by atoms with Crippen LogP contribution in [-0.2, 0) is 11.3 Å². The van der Waals surface area contributed by atoms with Crippen molar-refractivity contribution in [1.82, 2.24) is 9.55 Å². The van der Waals surface area contributed by atoms with Gasteiger partial charge in [0.05, 0.1) is 6.54 Å². The molecule has 3 aromatic rings. The number of rotatable bonds is 6. The van der Waals surface area contributed by atoms with Crippen molar-refractivity contribution in [1.29, 1.82) is 0 Å². The zero-order valence-corrected chi connectivity index (χ0v) is 16.2. The molecule has 0 bridgehead atoms. The number of anilines is 2. The van der Waals surface area contributed by atoms with Crippen molar-refractivity contribution in [3.8, 4) is 5.75 Å². The summed E-state index contributed by atoms with van der Waals surface area (Å²) < 4.78 is 6.73. The summed E-state index contributed by atoms with van der Waals surface area (Å²) in [5.41, 5.74) is 6.46. The van der Waals surface area contributed by atoms with E-state index in [-0.39, 0.29) is 24.7 Å². The van der Waals surface area contributed by atoms with Crippen LogP contribution in [0.5, 0.6) is 5.75 Å². The fraction of sp³-hybridized carbons (Fsp3) is 0.190. The number of likely N-dealkylation sites (N-methyl/N-ethyl adjacent to an activating group) is 1. The normalized spacial score (nSPS) is 10.6. The first-order chi connectivity index (χ1) is 13.9. The van der Waals surface area contributed by atoms with Gasteiger partial charge >= 0.3 is 5.69 Å². The fourth-order valence-corrected chi connectivity index (χ4v) is 2.90. The number of ether oxygens (including phenoxy) is 1. The lowest BCUT2D eigenvalue weighted by atomic mass is 10.2. The van der Waals surface area contributed by atoms with Crippen LogP contribution in [0.4, 0.5) is 11.5 Å². The van der Waals surface area contributed by atoms with E-state index in [1.807, 2.05) is 49.4 Å². The van der Waals surface area contributed by atoms with E-state index in [0.717, 1.165) is 16.0 Å². The third kappa shape index (κ3) is 4.55. The van der Waals surface area contributed by atoms with Crippen LogP contribution < -0.4 is 26.6 Å². The molecule has 0 atom stereocenters. The predicted molar refractivity (Wildman–Crippen MR) is 111 cm³/mol. The Bertz CT molecular complexity index is 1140. The number of nitrogen functional groups attached to an aromatic ring is 1. The number of hydrogen-bond donors (Lipinski definition) is 2. The molecule has 0 aliphatic carbocycles. The van der Waals surface area contributed by atoms with Crippen molar-refractivity contribution in [2.75, 3.05) is 24.3 Å². The maximum atomic E-state index is 12.6. The summed E-state index contributed by atoms with van der Waals surface area (Å²) >= 11 is 0. The standard InChI is InChI=1S/C21H22N4O4/c1-14-7-6-10-16(11-14)29-13-17(26)24(2)18-19(22)25(21(28)23-20(18)27)12-15-8-4-3-5-9-15/h3-11H,12-13,22H2,1-2H3,(H,23,27,28). The maximum Gasteiger partial charge on any atom is 0.330 e. The van der Waals surface area contributed by atoms with E-state index in [4.69, 9.17) is 10.5 Å². The summed E-state index contributed by atoms with van der Waals surface area (Å²) in [5, 5.41) is 0. The van der Waals surface area contributed by atoms with Crippen molar-refractivity contribution in [3.63, 3.8) is 0 Å². The van der Waals surface area contributed by atoms with Gasteiger partial charge in [-0.2, -0.15) is 0 Å². The molecule has 0 fully saturated rings. The molecule has 0 unspecified atom stereocenters. The fourth-order valence-electron chi connectivity index (χ4n) is 2.90. The Balaban J connectivity index is 1.85. The average molecular weight is 394 g/mol. The Morgan fingerprint density at radius 1 is 1.14 bits per heavy atom. The Kier molecular flexibility index (Phi) is 5.82. The molecule has 0 spiro atoms. The van der Waals surface area contributed by atoms with Gasteiger partial charge in [0.1, 0.15) is 11.6 Å². The number of nitrogens with two attached hydrogens (primary N) is 1. The van der Waals surface area contributed by atoms with Crippen LogP contribution in [0, 0.1) is 6.92 Å². The van der Waals surface area contributed by atoms with Crippen molar-refractivity contribution in [2.45, 2.75) is 13.5 Å². The first kappa shape index (κ1) is 19.9. The molecule has 0 saturated heterocycles. The Morgan fingerprint density at radius 2 is 1.86 bits per heavy atom. The molecule has 3 rings (SSSR count). The molecule has 1 heterocycles. The minimum atomic E-state index is -0.733. The summed E-state index contributed by atoms with van der Waals surface area (Å²) in [4.78, 5) is 40.5. The minimum absolute atomic E-state index is 0.0889. The number of carbonyl (C=O) groups is 1. The van der Waals surface area contributed by atoms with E-state index >= 15 is 0 Å². The van der Waals surface area contributed by atoms with Crippen LogP contribution in [0.2, 0.25) is 0 Å². The Hall–Kier alpha value is -3.81. The van der Waals surface area contributed by atoms with Gasteiger partial charge in [-0.05, 0) is 30.2 Å². The van der Waals surface area contributed by atoms with Crippen molar-refractivity contribution >= 4 is 17.4 Å². The van der Waals surface area contributed by atoms with Crippen LogP contribution in [-0.4, -0.2) is 29.1 Å². The lowest BCUT2D eigenvalue weighted by Gasteiger charge is -2.20. The van der Waals surface area contributed by atoms with E-state index < -0.39 is 17.2 Å². The summed E-state index contributed by atoms with van der Waals surface area (Å²) in [5.74, 6) is -0.0229. The lowest BCUT2D eigenvalue weighted by molar-refractivity contribution is -0.120. The number of carbonyl (C=O) groups excluding carboxylic acids is 1. The zero-order chi connectivity index (χ0) is 21.0. The van der Waals surface area contributed by atoms with Gasteiger partial charge in [0.25, 0.3) is 11.5 Å². The maximum absolute atomic E-state index is 12.6. The molecule has 0 saturated carbocycles. The lowest BCUT2D eigenvalue weighted by Crippen LogP contribution is -2.41. The number of hydrogen-bond acceptors (Lipinski definition) is 5. The molecule has 3 N–H and O–H groups in total. The van der Waals surface area contributed by atoms with Gasteiger partial charge in [0, 0.05) is 7.05 Å². The number of aromatic nitrogens is 2. The van der Waals surface area contributed by atoms with Gasteiger partial charge in [-0.3, -0.25) is 19.1 Å². The van der Waals surface area contributed by atoms with Crippen molar-refractivity contribution in [3.05, 3.63) is 86.6 Å². The quantitative estimate of drug-likeness (QED) is 0.659. The molecule has 1 aromatic heterocycles. The van der Waals surface area contributed by atoms with E-state index in [0.29, 0.717) is 5.75 Å². The summed E-state index contributed by atoms with van der Waals surface area (Å²) in [7, 11) is 1.42. The molecule has 150 valence electrons. The molecule has 0 aliphatic heterocycles. The zero-order valence-electron chi connectivity index (χ0n) is 16.2. The molecule has 2 aromatic carbocycles. The third-order valence-corrected chi connectivity index (χ3v) is 4.46. The second kappa shape index (κ2) is 8.47. The number of benzene rings is 2. The van der Waals surface area contributed by atoms with Gasteiger partial charge in [0.15, 0.2) is 12.3 Å². The topological polar surface area (TPSA) is 110 Å². The largest absolute Gasteiger partial charge is 0.484 e. The van der Waals surface area contributed by atoms with E-state index in [9.17, 15) is 14.4 Å². The first-order valence-corrected chi connectivity index (χ1v) is 8.99. The first-order valence-electron chi connectivity index (χ1n) is 8.99. The summed E-state index contributed by atoms with van der Waals surface area (Å²) in [6.45, 7) is 1.80. The van der Waals surface area contributed by atoms with Gasteiger partial charge in [-0.25, -0.2) is 4.79 Å². The van der Waals surface area contributed by atoms with Crippen LogP contribution in [0.25, 0.3) is 0 Å². The van der Waals surface area contributed by atoms with Gasteiger partial charge in [-0.1, -0.05) is 42.5 Å². The van der Waals surface area contributed by atoms with Crippen LogP contribution >= 0.6 is 0 Å². The van der Waals surface area contributed by atoms with Crippen LogP contribution in [0.15, 0.2) is 64.2 Å². The van der Waals surface area contributed by atoms with Crippen molar-refractivity contribution < 1.29 is 9.53 Å². The van der Waals surface area contributed by atoms with E-state index in [1.165, 1.54) is 11.6 Å². The van der Waals surface area contributed by atoms with Crippen LogP contribution in [0.1, 0.15) is 11.1 Å². The number of nitrogens with one attached hydrogen (secondary N) is 1. The monoisotopic (exact) mass is 394 g/mol. The molecule has 0 radical (unpaired) electrons. The second-order valence-electron chi connectivity index (χ2n) is 6.62. The summed E-state index contributed by atoms with van der Waals surface area (Å²) in [6.07, 6.45) is 0. The van der Waals surface area contributed by atoms with Crippen molar-refractivity contribution in [2.24, 2.45) is 0 Å². The molecule has 0 aliphatic rings. The number of nitrogens with zero attached hydrogens (tertiary/aromatic N) is 2. The van der Waals surface area contributed by atoms with Gasteiger partial charge < -0.3 is 15.4 Å². The molecule has 1 amide bonds. The molecular formula is C21H22N4O4. The molecule has 8 nitrogen and oxygen atoms in total.